The van der Waals surface area contributed by atoms with Gasteiger partial charge in [-0.25, -0.2) is 0 Å². The van der Waals surface area contributed by atoms with Crippen LogP contribution >= 0.6 is 11.6 Å². The first-order valence-electron chi connectivity index (χ1n) is 5.35. The van der Waals surface area contributed by atoms with Gasteiger partial charge in [-0.3, -0.25) is 14.9 Å². The minimum Gasteiger partial charge on any atom is -0.382 e. The van der Waals surface area contributed by atoms with E-state index in [9.17, 15) is 14.9 Å². The standard InChI is InChI=1S/C11H13ClN2O5/c1-18-4-5-19-7-11(15)13-9-3-2-8(12)6-10(9)14(16)17/h2-3,6H,4-5,7H2,1H3,(H,13,15). The van der Waals surface area contributed by atoms with Gasteiger partial charge in [-0.2, -0.15) is 0 Å². The molecule has 8 heteroatoms. The normalized spacial score (nSPS) is 10.2. The van der Waals surface area contributed by atoms with E-state index in [1.54, 1.807) is 0 Å². The number of methoxy groups -OCH3 is 1. The van der Waals surface area contributed by atoms with Crippen LogP contribution in [0.15, 0.2) is 18.2 Å². The first-order valence-corrected chi connectivity index (χ1v) is 5.73. The van der Waals surface area contributed by atoms with Crippen LogP contribution in [0.1, 0.15) is 0 Å². The van der Waals surface area contributed by atoms with Crippen molar-refractivity contribution >= 4 is 28.9 Å². The maximum Gasteiger partial charge on any atom is 0.294 e. The van der Waals surface area contributed by atoms with E-state index < -0.39 is 10.8 Å². The lowest BCUT2D eigenvalue weighted by atomic mass is 10.2. The molecule has 0 saturated carbocycles. The van der Waals surface area contributed by atoms with Gasteiger partial charge in [-0.1, -0.05) is 11.6 Å². The van der Waals surface area contributed by atoms with Crippen molar-refractivity contribution in [3.63, 3.8) is 0 Å². The van der Waals surface area contributed by atoms with Crippen LogP contribution in [0.5, 0.6) is 0 Å². The molecule has 0 aromatic heterocycles. The molecular weight excluding hydrogens is 276 g/mol. The Morgan fingerprint density at radius 3 is 2.84 bits per heavy atom. The van der Waals surface area contributed by atoms with E-state index in [1.165, 1.54) is 25.3 Å². The fourth-order valence-electron chi connectivity index (χ4n) is 1.25. The molecule has 7 nitrogen and oxygen atoms in total. The molecule has 1 aromatic carbocycles. The number of halogens is 1. The second-order valence-corrected chi connectivity index (χ2v) is 3.95. The lowest BCUT2D eigenvalue weighted by Crippen LogP contribution is -2.20. The van der Waals surface area contributed by atoms with Crippen molar-refractivity contribution in [3.8, 4) is 0 Å². The number of nitro groups is 1. The number of nitrogens with zero attached hydrogens (tertiary/aromatic N) is 1. The van der Waals surface area contributed by atoms with Gasteiger partial charge in [0.2, 0.25) is 0 Å². The maximum absolute atomic E-state index is 11.5. The Labute approximate surface area is 114 Å². The van der Waals surface area contributed by atoms with Crippen LogP contribution in [0, 0.1) is 10.1 Å². The topological polar surface area (TPSA) is 90.7 Å². The Bertz CT molecular complexity index is 466. The quantitative estimate of drug-likeness (QED) is 0.470. The lowest BCUT2D eigenvalue weighted by Gasteiger charge is -2.07. The Balaban J connectivity index is 2.61. The fraction of sp³-hybridized carbons (Fsp3) is 0.364. The van der Waals surface area contributed by atoms with Crippen LogP contribution in [0.4, 0.5) is 11.4 Å². The molecule has 0 radical (unpaired) electrons. The predicted octanol–water partition coefficient (Wildman–Crippen LogP) is 1.85. The number of hydrogen-bond donors (Lipinski definition) is 1. The molecule has 0 aliphatic heterocycles. The number of amides is 1. The third kappa shape index (κ3) is 5.21. The molecule has 0 aliphatic rings. The van der Waals surface area contributed by atoms with Crippen molar-refractivity contribution in [3.05, 3.63) is 33.3 Å². The van der Waals surface area contributed by atoms with Gasteiger partial charge < -0.3 is 14.8 Å². The summed E-state index contributed by atoms with van der Waals surface area (Å²) in [5.74, 6) is -0.485. The summed E-state index contributed by atoms with van der Waals surface area (Å²) >= 11 is 5.66. The lowest BCUT2D eigenvalue weighted by molar-refractivity contribution is -0.383. The largest absolute Gasteiger partial charge is 0.382 e. The van der Waals surface area contributed by atoms with Gasteiger partial charge >= 0.3 is 0 Å². The van der Waals surface area contributed by atoms with Crippen molar-refractivity contribution < 1.29 is 19.2 Å². The molecule has 0 unspecified atom stereocenters. The average molecular weight is 289 g/mol. The molecule has 1 rings (SSSR count). The Morgan fingerprint density at radius 1 is 1.47 bits per heavy atom. The smallest absolute Gasteiger partial charge is 0.294 e. The highest BCUT2D eigenvalue weighted by atomic mass is 35.5. The van der Waals surface area contributed by atoms with Crippen molar-refractivity contribution in [1.82, 2.24) is 0 Å². The molecule has 0 fully saturated rings. The van der Waals surface area contributed by atoms with Crippen LogP contribution in [-0.4, -0.2) is 37.8 Å². The zero-order valence-electron chi connectivity index (χ0n) is 10.2. The monoisotopic (exact) mass is 288 g/mol. The Hall–Kier alpha value is -1.70. The molecule has 0 spiro atoms. The summed E-state index contributed by atoms with van der Waals surface area (Å²) in [6, 6.07) is 3.99. The molecule has 104 valence electrons. The van der Waals surface area contributed by atoms with Crippen LogP contribution in [0.2, 0.25) is 5.02 Å². The molecule has 0 atom stereocenters. The number of nitro benzene ring substituents is 1. The van der Waals surface area contributed by atoms with E-state index >= 15 is 0 Å². The first kappa shape index (κ1) is 15.4. The fourth-order valence-corrected chi connectivity index (χ4v) is 1.42. The number of ether oxygens (including phenoxy) is 2. The van der Waals surface area contributed by atoms with Gasteiger partial charge in [0.25, 0.3) is 11.6 Å². The van der Waals surface area contributed by atoms with Gasteiger partial charge in [0, 0.05) is 18.2 Å². The van der Waals surface area contributed by atoms with E-state index in [4.69, 9.17) is 21.1 Å². The van der Waals surface area contributed by atoms with Gasteiger partial charge in [-0.15, -0.1) is 0 Å². The summed E-state index contributed by atoms with van der Waals surface area (Å²) in [6.07, 6.45) is 0. The van der Waals surface area contributed by atoms with Crippen molar-refractivity contribution in [1.29, 1.82) is 0 Å². The number of benzene rings is 1. The Kier molecular flexibility index (Phi) is 6.20. The molecule has 1 aromatic rings. The van der Waals surface area contributed by atoms with E-state index in [2.05, 4.69) is 5.32 Å². The molecular formula is C11H13ClN2O5. The van der Waals surface area contributed by atoms with E-state index in [0.29, 0.717) is 6.61 Å². The molecule has 0 aliphatic carbocycles. The Morgan fingerprint density at radius 2 is 2.21 bits per heavy atom. The van der Waals surface area contributed by atoms with Gasteiger partial charge in [0.05, 0.1) is 18.1 Å². The SMILES string of the molecule is COCCOCC(=O)Nc1ccc(Cl)cc1[N+](=O)[O-]. The second-order valence-electron chi connectivity index (χ2n) is 3.51. The van der Waals surface area contributed by atoms with E-state index in [1.807, 2.05) is 0 Å². The molecule has 0 heterocycles. The summed E-state index contributed by atoms with van der Waals surface area (Å²) in [4.78, 5) is 21.7. The maximum atomic E-state index is 11.5. The zero-order valence-corrected chi connectivity index (χ0v) is 11.0. The minimum absolute atomic E-state index is 0.0785. The average Bonchev–Trinajstić information content (AvgIpc) is 2.36. The molecule has 19 heavy (non-hydrogen) atoms. The molecule has 1 amide bonds. The number of rotatable bonds is 7. The summed E-state index contributed by atoms with van der Waals surface area (Å²) in [6.45, 7) is 0.435. The minimum atomic E-state index is -0.618. The van der Waals surface area contributed by atoms with Crippen molar-refractivity contribution in [2.24, 2.45) is 0 Å². The number of carbonyl (C=O) groups is 1. The number of nitrogens with one attached hydrogen (secondary N) is 1. The third-order valence-corrected chi connectivity index (χ3v) is 2.33. The highest BCUT2D eigenvalue weighted by Gasteiger charge is 2.16. The highest BCUT2D eigenvalue weighted by Crippen LogP contribution is 2.27. The van der Waals surface area contributed by atoms with Gasteiger partial charge in [0.15, 0.2) is 0 Å². The van der Waals surface area contributed by atoms with Crippen LogP contribution < -0.4 is 5.32 Å². The molecule has 1 N–H and O–H groups in total. The summed E-state index contributed by atoms with van der Waals surface area (Å²) in [5, 5.41) is 13.4. The predicted molar refractivity (Wildman–Crippen MR) is 69.4 cm³/mol. The zero-order chi connectivity index (χ0) is 14.3. The van der Waals surface area contributed by atoms with Crippen LogP contribution in [-0.2, 0) is 14.3 Å². The summed E-state index contributed by atoms with van der Waals surface area (Å²) in [5.41, 5.74) is -0.188. The van der Waals surface area contributed by atoms with Crippen molar-refractivity contribution in [2.45, 2.75) is 0 Å². The molecule has 0 bridgehead atoms. The van der Waals surface area contributed by atoms with Crippen LogP contribution in [0.3, 0.4) is 0 Å². The van der Waals surface area contributed by atoms with Gasteiger partial charge in [-0.05, 0) is 12.1 Å². The van der Waals surface area contributed by atoms with Crippen molar-refractivity contribution in [2.75, 3.05) is 32.2 Å². The number of hydrogen-bond acceptors (Lipinski definition) is 5. The summed E-state index contributed by atoms with van der Waals surface area (Å²) in [7, 11) is 1.51. The second kappa shape index (κ2) is 7.67. The third-order valence-electron chi connectivity index (χ3n) is 2.10. The van der Waals surface area contributed by atoms with Gasteiger partial charge in [0.1, 0.15) is 12.3 Å². The first-order chi connectivity index (χ1) is 9.04. The molecule has 0 saturated heterocycles. The van der Waals surface area contributed by atoms with E-state index in [-0.39, 0.29) is 29.6 Å². The highest BCUT2D eigenvalue weighted by molar-refractivity contribution is 6.31. The summed E-state index contributed by atoms with van der Waals surface area (Å²) < 4.78 is 9.74. The van der Waals surface area contributed by atoms with E-state index in [0.717, 1.165) is 0 Å². The van der Waals surface area contributed by atoms with Crippen LogP contribution in [0.25, 0.3) is 0 Å². The number of anilines is 1. The number of carbonyl (C=O) groups excluding carboxylic acids is 1.